The van der Waals surface area contributed by atoms with Crippen LogP contribution in [0.4, 0.5) is 5.69 Å². The summed E-state index contributed by atoms with van der Waals surface area (Å²) in [6, 6.07) is 25.5. The van der Waals surface area contributed by atoms with Crippen molar-refractivity contribution in [2.45, 2.75) is 6.04 Å². The Labute approximate surface area is 213 Å². The number of amides is 1. The second kappa shape index (κ2) is 9.51. The Morgan fingerprint density at radius 2 is 1.62 bits per heavy atom. The topological polar surface area (TPSA) is 99.9 Å². The van der Waals surface area contributed by atoms with Crippen LogP contribution in [0.2, 0.25) is 0 Å². The molecule has 1 atom stereocenters. The number of rotatable bonds is 5. The summed E-state index contributed by atoms with van der Waals surface area (Å²) in [4.78, 5) is 28.3. The van der Waals surface area contributed by atoms with Crippen molar-refractivity contribution in [1.82, 2.24) is 0 Å². The van der Waals surface area contributed by atoms with Gasteiger partial charge < -0.3 is 14.6 Å². The van der Waals surface area contributed by atoms with Crippen LogP contribution in [0.1, 0.15) is 22.7 Å². The Bertz CT molecular complexity index is 1620. The zero-order chi connectivity index (χ0) is 26.1. The summed E-state index contributed by atoms with van der Waals surface area (Å²) < 4.78 is 11.1. The molecular weight excluding hydrogens is 468 g/mol. The van der Waals surface area contributed by atoms with E-state index in [0.29, 0.717) is 33.9 Å². The van der Waals surface area contributed by atoms with E-state index >= 15 is 0 Å². The first kappa shape index (κ1) is 23.6. The molecule has 1 N–H and O–H groups in total. The molecule has 4 aromatic carbocycles. The predicted molar refractivity (Wildman–Crippen MR) is 139 cm³/mol. The van der Waals surface area contributed by atoms with Crippen LogP contribution < -0.4 is 14.4 Å². The molecule has 4 aromatic rings. The van der Waals surface area contributed by atoms with Crippen LogP contribution in [0.25, 0.3) is 16.5 Å². The second-order valence-electron chi connectivity index (χ2n) is 8.47. The molecule has 5 rings (SSSR count). The lowest BCUT2D eigenvalue weighted by molar-refractivity contribution is -0.132. The summed E-state index contributed by atoms with van der Waals surface area (Å²) in [6.07, 6.45) is 0. The van der Waals surface area contributed by atoms with Crippen LogP contribution in [-0.2, 0) is 9.59 Å². The number of aliphatic hydroxyl groups excluding tert-OH is 1. The van der Waals surface area contributed by atoms with E-state index < -0.39 is 17.7 Å². The summed E-state index contributed by atoms with van der Waals surface area (Å²) in [5, 5.41) is 22.6. The molecule has 0 bridgehead atoms. The van der Waals surface area contributed by atoms with Crippen molar-refractivity contribution in [2.24, 2.45) is 0 Å². The highest BCUT2D eigenvalue weighted by Crippen LogP contribution is 2.47. The summed E-state index contributed by atoms with van der Waals surface area (Å²) in [6.45, 7) is 0. The van der Waals surface area contributed by atoms with E-state index in [-0.39, 0.29) is 11.3 Å². The average molecular weight is 491 g/mol. The first-order chi connectivity index (χ1) is 18.0. The summed E-state index contributed by atoms with van der Waals surface area (Å²) >= 11 is 0. The van der Waals surface area contributed by atoms with Gasteiger partial charge >= 0.3 is 0 Å². The summed E-state index contributed by atoms with van der Waals surface area (Å²) in [5.41, 5.74) is 1.60. The maximum Gasteiger partial charge on any atom is 0.300 e. The van der Waals surface area contributed by atoms with Gasteiger partial charge in [-0.2, -0.15) is 5.26 Å². The van der Waals surface area contributed by atoms with E-state index in [1.54, 1.807) is 54.6 Å². The highest BCUT2D eigenvalue weighted by atomic mass is 16.5. The van der Waals surface area contributed by atoms with Gasteiger partial charge in [-0.1, -0.05) is 48.5 Å². The van der Waals surface area contributed by atoms with Gasteiger partial charge in [-0.3, -0.25) is 14.5 Å². The van der Waals surface area contributed by atoms with E-state index in [0.717, 1.165) is 10.8 Å². The molecule has 182 valence electrons. The van der Waals surface area contributed by atoms with Crippen molar-refractivity contribution in [3.05, 3.63) is 107 Å². The monoisotopic (exact) mass is 490 g/mol. The molecule has 7 nitrogen and oxygen atoms in total. The SMILES string of the molecule is COc1cccc(C2/C(=C(\O)c3ccc4ccccc4c3)C(=O)C(=O)N2c2ccc(C#N)cc2)c1OC. The number of para-hydroxylation sites is 1. The number of fused-ring (bicyclic) bond motifs is 1. The molecule has 0 saturated carbocycles. The van der Waals surface area contributed by atoms with Crippen LogP contribution in [0.15, 0.2) is 90.5 Å². The number of Topliss-reactive ketones (excluding diaryl/α,β-unsaturated/α-hetero) is 1. The fourth-order valence-electron chi connectivity index (χ4n) is 4.71. The number of benzene rings is 4. The van der Waals surface area contributed by atoms with E-state index in [1.165, 1.54) is 19.1 Å². The van der Waals surface area contributed by atoms with Gasteiger partial charge in [-0.15, -0.1) is 0 Å². The van der Waals surface area contributed by atoms with Crippen LogP contribution >= 0.6 is 0 Å². The molecule has 7 heteroatoms. The van der Waals surface area contributed by atoms with Gasteiger partial charge in [0, 0.05) is 16.8 Å². The zero-order valence-electron chi connectivity index (χ0n) is 20.1. The van der Waals surface area contributed by atoms with Gasteiger partial charge in [-0.05, 0) is 47.2 Å². The highest BCUT2D eigenvalue weighted by Gasteiger charge is 2.48. The van der Waals surface area contributed by atoms with Gasteiger partial charge in [0.15, 0.2) is 11.5 Å². The fourth-order valence-corrected chi connectivity index (χ4v) is 4.71. The average Bonchev–Trinajstić information content (AvgIpc) is 3.21. The molecule has 0 aromatic heterocycles. The molecule has 1 unspecified atom stereocenters. The van der Waals surface area contributed by atoms with E-state index in [4.69, 9.17) is 9.47 Å². The van der Waals surface area contributed by atoms with E-state index in [2.05, 4.69) is 0 Å². The van der Waals surface area contributed by atoms with Crippen LogP contribution in [0, 0.1) is 11.3 Å². The number of ether oxygens (including phenoxy) is 2. The molecule has 1 saturated heterocycles. The number of hydrogen-bond donors (Lipinski definition) is 1. The fraction of sp³-hybridized carbons (Fsp3) is 0.100. The number of nitrogens with zero attached hydrogens (tertiary/aromatic N) is 2. The Morgan fingerprint density at radius 3 is 2.30 bits per heavy atom. The number of hydrogen-bond acceptors (Lipinski definition) is 6. The minimum absolute atomic E-state index is 0.0730. The smallest absolute Gasteiger partial charge is 0.300 e. The molecule has 1 heterocycles. The Morgan fingerprint density at radius 1 is 0.892 bits per heavy atom. The lowest BCUT2D eigenvalue weighted by atomic mass is 9.93. The minimum atomic E-state index is -1.01. The molecular formula is C30H22N2O5. The Hall–Kier alpha value is -5.09. The predicted octanol–water partition coefficient (Wildman–Crippen LogP) is 5.35. The van der Waals surface area contributed by atoms with Crippen molar-refractivity contribution in [3.8, 4) is 17.6 Å². The molecule has 1 aliphatic rings. The van der Waals surface area contributed by atoms with Crippen LogP contribution in [0.3, 0.4) is 0 Å². The van der Waals surface area contributed by atoms with E-state index in [1.807, 2.05) is 36.4 Å². The molecule has 0 spiro atoms. The van der Waals surface area contributed by atoms with Gasteiger partial charge in [0.1, 0.15) is 5.76 Å². The van der Waals surface area contributed by atoms with Crippen LogP contribution in [0.5, 0.6) is 11.5 Å². The standard InChI is InChI=1S/C30H22N2O5/c1-36-24-9-5-8-23(29(24)37-2)26-25(27(33)21-13-12-19-6-3-4-7-20(19)16-21)28(34)30(35)32(26)22-14-10-18(17-31)11-15-22/h3-16,26,33H,1-2H3/b27-25+. The third kappa shape index (κ3) is 3.95. The maximum atomic E-state index is 13.5. The molecule has 0 radical (unpaired) electrons. The van der Waals surface area contributed by atoms with Crippen molar-refractivity contribution >= 4 is 33.9 Å². The van der Waals surface area contributed by atoms with Crippen molar-refractivity contribution in [3.63, 3.8) is 0 Å². The Kier molecular flexibility index (Phi) is 6.08. The van der Waals surface area contributed by atoms with Gasteiger partial charge in [0.2, 0.25) is 0 Å². The van der Waals surface area contributed by atoms with Crippen molar-refractivity contribution in [2.75, 3.05) is 19.1 Å². The lowest BCUT2D eigenvalue weighted by Gasteiger charge is -2.27. The van der Waals surface area contributed by atoms with Gasteiger partial charge in [-0.25, -0.2) is 0 Å². The van der Waals surface area contributed by atoms with Crippen molar-refractivity contribution < 1.29 is 24.2 Å². The van der Waals surface area contributed by atoms with Gasteiger partial charge in [0.05, 0.1) is 37.5 Å². The maximum absolute atomic E-state index is 13.5. The minimum Gasteiger partial charge on any atom is -0.507 e. The van der Waals surface area contributed by atoms with Gasteiger partial charge in [0.25, 0.3) is 11.7 Å². The quantitative estimate of drug-likeness (QED) is 0.230. The largest absolute Gasteiger partial charge is 0.507 e. The summed E-state index contributed by atoms with van der Waals surface area (Å²) in [7, 11) is 2.97. The number of aliphatic hydroxyl groups is 1. The van der Waals surface area contributed by atoms with E-state index in [9.17, 15) is 20.0 Å². The lowest BCUT2D eigenvalue weighted by Crippen LogP contribution is -2.29. The van der Waals surface area contributed by atoms with Crippen molar-refractivity contribution in [1.29, 1.82) is 5.26 Å². The molecule has 37 heavy (non-hydrogen) atoms. The number of nitriles is 1. The molecule has 0 aliphatic carbocycles. The number of carbonyl (C=O) groups is 2. The zero-order valence-corrected chi connectivity index (χ0v) is 20.1. The molecule has 1 fully saturated rings. The number of methoxy groups -OCH3 is 2. The third-order valence-electron chi connectivity index (χ3n) is 6.47. The number of carbonyl (C=O) groups excluding carboxylic acids is 2. The number of ketones is 1. The molecule has 1 aliphatic heterocycles. The highest BCUT2D eigenvalue weighted by molar-refractivity contribution is 6.51. The number of anilines is 1. The Balaban J connectivity index is 1.77. The summed E-state index contributed by atoms with van der Waals surface area (Å²) in [5.74, 6) is -1.18. The molecule has 1 amide bonds. The first-order valence-electron chi connectivity index (χ1n) is 11.5. The first-order valence-corrected chi connectivity index (χ1v) is 11.5. The third-order valence-corrected chi connectivity index (χ3v) is 6.47. The van der Waals surface area contributed by atoms with Crippen LogP contribution in [-0.4, -0.2) is 31.0 Å². The normalized spacial score (nSPS) is 16.6. The second-order valence-corrected chi connectivity index (χ2v) is 8.47.